The van der Waals surface area contributed by atoms with E-state index in [1.165, 1.54) is 15.6 Å². The molecular weight excluding hydrogens is 403 g/mol. The highest BCUT2D eigenvalue weighted by atomic mass is 32.2. The van der Waals surface area contributed by atoms with E-state index in [1.807, 2.05) is 0 Å². The highest BCUT2D eigenvalue weighted by molar-refractivity contribution is 7.89. The molecule has 3 rings (SSSR count). The molecule has 1 aromatic carbocycles. The topological polar surface area (TPSA) is 79.4 Å². The molecule has 2 aromatic rings. The number of benzene rings is 1. The Morgan fingerprint density at radius 2 is 1.81 bits per heavy atom. The predicted octanol–water partition coefficient (Wildman–Crippen LogP) is 3.20. The number of thiazole rings is 1. The zero-order chi connectivity index (χ0) is 19.7. The van der Waals surface area contributed by atoms with Crippen LogP contribution in [-0.4, -0.2) is 36.7 Å². The quantitative estimate of drug-likeness (QED) is 0.826. The van der Waals surface area contributed by atoms with Crippen LogP contribution in [0.25, 0.3) is 0 Å². The van der Waals surface area contributed by atoms with Crippen molar-refractivity contribution in [2.75, 3.05) is 18.4 Å². The lowest BCUT2D eigenvalue weighted by Gasteiger charge is -2.30. The molecule has 27 heavy (non-hydrogen) atoms. The van der Waals surface area contributed by atoms with Crippen molar-refractivity contribution in [2.24, 2.45) is 5.92 Å². The van der Waals surface area contributed by atoms with Gasteiger partial charge in [0, 0.05) is 30.6 Å². The molecule has 0 spiro atoms. The van der Waals surface area contributed by atoms with Gasteiger partial charge >= 0.3 is 6.18 Å². The fourth-order valence-electron chi connectivity index (χ4n) is 2.82. The second-order valence-corrected chi connectivity index (χ2v) is 8.86. The minimum Gasteiger partial charge on any atom is -0.302 e. The number of hydrogen-bond acceptors (Lipinski definition) is 5. The number of rotatable bonds is 4. The van der Waals surface area contributed by atoms with Crippen LogP contribution in [-0.2, 0) is 21.0 Å². The van der Waals surface area contributed by atoms with E-state index in [4.69, 9.17) is 0 Å². The monoisotopic (exact) mass is 419 g/mol. The first-order valence-electron chi connectivity index (χ1n) is 8.06. The van der Waals surface area contributed by atoms with Crippen molar-refractivity contribution in [1.29, 1.82) is 0 Å². The number of anilines is 1. The van der Waals surface area contributed by atoms with Gasteiger partial charge in [-0.3, -0.25) is 4.79 Å². The van der Waals surface area contributed by atoms with Crippen molar-refractivity contribution in [3.63, 3.8) is 0 Å². The van der Waals surface area contributed by atoms with Gasteiger partial charge in [-0.2, -0.15) is 17.5 Å². The minimum atomic E-state index is -4.52. The zero-order valence-corrected chi connectivity index (χ0v) is 15.6. The van der Waals surface area contributed by atoms with Gasteiger partial charge in [0.15, 0.2) is 5.13 Å². The Kier molecular flexibility index (Phi) is 5.54. The molecule has 146 valence electrons. The number of aromatic nitrogens is 1. The molecule has 0 bridgehead atoms. The molecule has 0 saturated carbocycles. The van der Waals surface area contributed by atoms with E-state index in [9.17, 15) is 26.4 Å². The van der Waals surface area contributed by atoms with Gasteiger partial charge in [-0.25, -0.2) is 13.4 Å². The summed E-state index contributed by atoms with van der Waals surface area (Å²) in [5.74, 6) is -0.551. The standard InChI is InChI=1S/C16H16F3N3O3S2/c17-16(18,19)12-1-3-13(4-2-12)27(24,25)22-8-5-11(6-9-22)14(23)21-15-20-7-10-26-15/h1-4,7,10-11H,5-6,8-9H2,(H,20,21,23). The Bertz CT molecular complexity index is 889. The maximum Gasteiger partial charge on any atom is 0.416 e. The van der Waals surface area contributed by atoms with Crippen LogP contribution < -0.4 is 5.32 Å². The number of piperidine rings is 1. The molecule has 0 radical (unpaired) electrons. The van der Waals surface area contributed by atoms with E-state index in [0.29, 0.717) is 18.0 Å². The number of nitrogens with zero attached hydrogens (tertiary/aromatic N) is 2. The second-order valence-electron chi connectivity index (χ2n) is 6.03. The summed E-state index contributed by atoms with van der Waals surface area (Å²) in [6.07, 6.45) is -2.29. The molecule has 0 unspecified atom stereocenters. The Hall–Kier alpha value is -1.98. The fourth-order valence-corrected chi connectivity index (χ4v) is 4.82. The third-order valence-electron chi connectivity index (χ3n) is 4.31. The highest BCUT2D eigenvalue weighted by Crippen LogP contribution is 2.31. The van der Waals surface area contributed by atoms with E-state index in [0.717, 1.165) is 24.3 Å². The van der Waals surface area contributed by atoms with Crippen molar-refractivity contribution in [3.8, 4) is 0 Å². The molecule has 2 heterocycles. The molecule has 6 nitrogen and oxygen atoms in total. The van der Waals surface area contributed by atoms with Gasteiger partial charge in [0.25, 0.3) is 0 Å². The number of nitrogens with one attached hydrogen (secondary N) is 1. The molecule has 1 amide bonds. The van der Waals surface area contributed by atoms with Crippen molar-refractivity contribution in [3.05, 3.63) is 41.4 Å². The summed E-state index contributed by atoms with van der Waals surface area (Å²) in [7, 11) is -3.90. The molecule has 11 heteroatoms. The van der Waals surface area contributed by atoms with Crippen LogP contribution in [0.4, 0.5) is 18.3 Å². The number of halogens is 3. The lowest BCUT2D eigenvalue weighted by atomic mass is 9.97. The lowest BCUT2D eigenvalue weighted by Crippen LogP contribution is -2.41. The fraction of sp³-hybridized carbons (Fsp3) is 0.375. The van der Waals surface area contributed by atoms with Gasteiger partial charge < -0.3 is 5.32 Å². The molecule has 1 aromatic heterocycles. The normalized spacial score (nSPS) is 17.0. The van der Waals surface area contributed by atoms with Gasteiger partial charge in [0.1, 0.15) is 0 Å². The van der Waals surface area contributed by atoms with E-state index >= 15 is 0 Å². The van der Waals surface area contributed by atoms with E-state index in [-0.39, 0.29) is 29.8 Å². The number of hydrogen-bond donors (Lipinski definition) is 1. The molecule has 1 fully saturated rings. The predicted molar refractivity (Wildman–Crippen MR) is 93.7 cm³/mol. The zero-order valence-electron chi connectivity index (χ0n) is 13.9. The summed E-state index contributed by atoms with van der Waals surface area (Å²) < 4.78 is 64.3. The van der Waals surface area contributed by atoms with Crippen molar-refractivity contribution in [1.82, 2.24) is 9.29 Å². The Morgan fingerprint density at radius 3 is 2.33 bits per heavy atom. The number of carbonyl (C=O) groups excluding carboxylic acids is 1. The first-order valence-corrected chi connectivity index (χ1v) is 10.4. The summed E-state index contributed by atoms with van der Waals surface area (Å²) in [6.45, 7) is 0.249. The van der Waals surface area contributed by atoms with Crippen LogP contribution in [0.1, 0.15) is 18.4 Å². The largest absolute Gasteiger partial charge is 0.416 e. The molecule has 0 atom stereocenters. The Morgan fingerprint density at radius 1 is 1.19 bits per heavy atom. The van der Waals surface area contributed by atoms with Crippen LogP contribution in [0.3, 0.4) is 0 Å². The minimum absolute atomic E-state index is 0.124. The molecular formula is C16H16F3N3O3S2. The summed E-state index contributed by atoms with van der Waals surface area (Å²) in [5, 5.41) is 4.91. The third-order valence-corrected chi connectivity index (χ3v) is 6.91. The molecule has 1 N–H and O–H groups in total. The Balaban J connectivity index is 1.63. The van der Waals surface area contributed by atoms with Crippen LogP contribution in [0.15, 0.2) is 40.7 Å². The van der Waals surface area contributed by atoms with E-state index in [1.54, 1.807) is 11.6 Å². The van der Waals surface area contributed by atoms with Crippen molar-refractivity contribution >= 4 is 32.4 Å². The number of amides is 1. The SMILES string of the molecule is O=C(Nc1nccs1)C1CCN(S(=O)(=O)c2ccc(C(F)(F)F)cc2)CC1. The average Bonchev–Trinajstić information content (AvgIpc) is 3.14. The average molecular weight is 419 g/mol. The first kappa shape index (κ1) is 19.8. The third kappa shape index (κ3) is 4.47. The summed E-state index contributed by atoms with van der Waals surface area (Å²) in [4.78, 5) is 16.0. The number of alkyl halides is 3. The van der Waals surface area contributed by atoms with Crippen LogP contribution in [0.2, 0.25) is 0 Å². The number of carbonyl (C=O) groups is 1. The smallest absolute Gasteiger partial charge is 0.302 e. The molecule has 0 aliphatic carbocycles. The number of sulfonamides is 1. The summed E-state index contributed by atoms with van der Waals surface area (Å²) in [6, 6.07) is 3.42. The van der Waals surface area contributed by atoms with Gasteiger partial charge in [-0.05, 0) is 37.1 Å². The van der Waals surface area contributed by atoms with E-state index in [2.05, 4.69) is 10.3 Å². The lowest BCUT2D eigenvalue weighted by molar-refractivity contribution is -0.137. The first-order chi connectivity index (χ1) is 12.7. The molecule has 1 aliphatic heterocycles. The van der Waals surface area contributed by atoms with Gasteiger partial charge in [-0.15, -0.1) is 11.3 Å². The molecule has 1 saturated heterocycles. The maximum absolute atomic E-state index is 12.6. The Labute approximate surface area is 158 Å². The van der Waals surface area contributed by atoms with Crippen LogP contribution >= 0.6 is 11.3 Å². The van der Waals surface area contributed by atoms with Crippen molar-refractivity contribution < 1.29 is 26.4 Å². The van der Waals surface area contributed by atoms with Gasteiger partial charge in [0.2, 0.25) is 15.9 Å². The van der Waals surface area contributed by atoms with Crippen LogP contribution in [0.5, 0.6) is 0 Å². The molecule has 1 aliphatic rings. The van der Waals surface area contributed by atoms with Gasteiger partial charge in [0.05, 0.1) is 10.5 Å². The highest BCUT2D eigenvalue weighted by Gasteiger charge is 2.34. The van der Waals surface area contributed by atoms with Crippen molar-refractivity contribution in [2.45, 2.75) is 23.9 Å². The maximum atomic E-state index is 12.6. The van der Waals surface area contributed by atoms with Crippen LogP contribution in [0, 0.1) is 5.92 Å². The van der Waals surface area contributed by atoms with E-state index < -0.39 is 21.8 Å². The summed E-state index contributed by atoms with van der Waals surface area (Å²) in [5.41, 5.74) is -0.904. The van der Waals surface area contributed by atoms with Gasteiger partial charge in [-0.1, -0.05) is 0 Å². The second kappa shape index (κ2) is 7.56. The summed E-state index contributed by atoms with van der Waals surface area (Å²) >= 11 is 1.29.